The van der Waals surface area contributed by atoms with Gasteiger partial charge in [0.25, 0.3) is 0 Å². The Balaban J connectivity index is 2.59. The quantitative estimate of drug-likeness (QED) is 0.744. The fourth-order valence-electron chi connectivity index (χ4n) is 1.15. The number of aliphatic hydroxyl groups is 1. The molecule has 0 aliphatic heterocycles. The molecule has 2 heteroatoms. The highest BCUT2D eigenvalue weighted by atomic mass is 16.3. The minimum atomic E-state index is -0.375. The number of rotatable bonds is 4. The van der Waals surface area contributed by atoms with Crippen LogP contribution in [0, 0.1) is 0 Å². The standard InChI is InChI=1S/C11H17NO/c1-3-8-12-11-6-4-10(5-7-11)9(2)13/h4-7,9,12-13H,3,8H2,1-2H3. The molecule has 0 fully saturated rings. The van der Waals surface area contributed by atoms with Crippen LogP contribution in [0.4, 0.5) is 5.69 Å². The van der Waals surface area contributed by atoms with Gasteiger partial charge in [-0.1, -0.05) is 19.1 Å². The molecule has 0 bridgehead atoms. The molecule has 0 heterocycles. The summed E-state index contributed by atoms with van der Waals surface area (Å²) >= 11 is 0. The maximum atomic E-state index is 9.27. The van der Waals surface area contributed by atoms with Crippen LogP contribution in [-0.4, -0.2) is 11.7 Å². The van der Waals surface area contributed by atoms with E-state index in [1.54, 1.807) is 6.92 Å². The molecule has 1 atom stereocenters. The smallest absolute Gasteiger partial charge is 0.0761 e. The van der Waals surface area contributed by atoms with Crippen LogP contribution in [-0.2, 0) is 0 Å². The molecule has 2 N–H and O–H groups in total. The van der Waals surface area contributed by atoms with Gasteiger partial charge in [-0.05, 0) is 31.0 Å². The van der Waals surface area contributed by atoms with Crippen molar-refractivity contribution in [2.75, 3.05) is 11.9 Å². The summed E-state index contributed by atoms with van der Waals surface area (Å²) in [6.45, 7) is 4.90. The minimum absolute atomic E-state index is 0.375. The molecule has 0 aliphatic rings. The minimum Gasteiger partial charge on any atom is -0.389 e. The van der Waals surface area contributed by atoms with Crippen LogP contribution in [0.3, 0.4) is 0 Å². The lowest BCUT2D eigenvalue weighted by Gasteiger charge is -2.07. The summed E-state index contributed by atoms with van der Waals surface area (Å²) in [4.78, 5) is 0. The van der Waals surface area contributed by atoms with Gasteiger partial charge in [0.15, 0.2) is 0 Å². The van der Waals surface area contributed by atoms with Gasteiger partial charge in [0.05, 0.1) is 6.10 Å². The number of hydrogen-bond acceptors (Lipinski definition) is 2. The maximum Gasteiger partial charge on any atom is 0.0761 e. The molecule has 1 unspecified atom stereocenters. The molecule has 0 aliphatic carbocycles. The highest BCUT2D eigenvalue weighted by molar-refractivity contribution is 5.44. The van der Waals surface area contributed by atoms with Gasteiger partial charge >= 0.3 is 0 Å². The van der Waals surface area contributed by atoms with E-state index in [-0.39, 0.29) is 6.10 Å². The van der Waals surface area contributed by atoms with E-state index in [9.17, 15) is 5.11 Å². The molecule has 72 valence electrons. The molecule has 0 saturated heterocycles. The topological polar surface area (TPSA) is 32.3 Å². The van der Waals surface area contributed by atoms with Gasteiger partial charge in [-0.25, -0.2) is 0 Å². The molecule has 1 aromatic rings. The van der Waals surface area contributed by atoms with Crippen molar-refractivity contribution in [3.8, 4) is 0 Å². The SMILES string of the molecule is CCCNc1ccc(C(C)O)cc1. The average molecular weight is 179 g/mol. The summed E-state index contributed by atoms with van der Waals surface area (Å²) in [7, 11) is 0. The molecule has 0 radical (unpaired) electrons. The number of anilines is 1. The summed E-state index contributed by atoms with van der Waals surface area (Å²) in [5.41, 5.74) is 2.08. The van der Waals surface area contributed by atoms with Crippen LogP contribution < -0.4 is 5.32 Å². The van der Waals surface area contributed by atoms with E-state index in [2.05, 4.69) is 12.2 Å². The summed E-state index contributed by atoms with van der Waals surface area (Å²) in [6.07, 6.45) is 0.748. The molecule has 0 spiro atoms. The van der Waals surface area contributed by atoms with E-state index >= 15 is 0 Å². The van der Waals surface area contributed by atoms with Crippen LogP contribution in [0.1, 0.15) is 31.9 Å². The highest BCUT2D eigenvalue weighted by Gasteiger charge is 1.98. The fourth-order valence-corrected chi connectivity index (χ4v) is 1.15. The molecule has 2 nitrogen and oxygen atoms in total. The van der Waals surface area contributed by atoms with Crippen LogP contribution in [0.5, 0.6) is 0 Å². The van der Waals surface area contributed by atoms with Gasteiger partial charge in [0.1, 0.15) is 0 Å². The van der Waals surface area contributed by atoms with Gasteiger partial charge in [0.2, 0.25) is 0 Å². The largest absolute Gasteiger partial charge is 0.389 e. The summed E-state index contributed by atoms with van der Waals surface area (Å²) in [5, 5.41) is 12.5. The van der Waals surface area contributed by atoms with Crippen molar-refractivity contribution in [3.05, 3.63) is 29.8 Å². The molecule has 0 aromatic heterocycles. The monoisotopic (exact) mass is 179 g/mol. The Morgan fingerprint density at radius 2 is 1.92 bits per heavy atom. The summed E-state index contributed by atoms with van der Waals surface area (Å²) < 4.78 is 0. The van der Waals surface area contributed by atoms with Gasteiger partial charge in [-0.3, -0.25) is 0 Å². The Morgan fingerprint density at radius 3 is 2.38 bits per heavy atom. The Kier molecular flexibility index (Phi) is 3.77. The maximum absolute atomic E-state index is 9.27. The van der Waals surface area contributed by atoms with Crippen LogP contribution in [0.15, 0.2) is 24.3 Å². The first-order valence-corrected chi connectivity index (χ1v) is 4.76. The van der Waals surface area contributed by atoms with E-state index in [4.69, 9.17) is 0 Å². The molecule has 13 heavy (non-hydrogen) atoms. The molecule has 0 amide bonds. The number of nitrogens with one attached hydrogen (secondary N) is 1. The Hall–Kier alpha value is -1.02. The lowest BCUT2D eigenvalue weighted by Crippen LogP contribution is -1.99. The van der Waals surface area contributed by atoms with Crippen molar-refractivity contribution in [1.82, 2.24) is 0 Å². The molecular formula is C11H17NO. The Labute approximate surface area is 79.6 Å². The number of aliphatic hydroxyl groups excluding tert-OH is 1. The van der Waals surface area contributed by atoms with Crippen molar-refractivity contribution in [3.63, 3.8) is 0 Å². The number of benzene rings is 1. The van der Waals surface area contributed by atoms with E-state index in [0.717, 1.165) is 24.2 Å². The van der Waals surface area contributed by atoms with Gasteiger partial charge in [0, 0.05) is 12.2 Å². The zero-order valence-electron chi connectivity index (χ0n) is 8.25. The van der Waals surface area contributed by atoms with Crippen LogP contribution in [0.2, 0.25) is 0 Å². The van der Waals surface area contributed by atoms with Crippen molar-refractivity contribution in [2.45, 2.75) is 26.4 Å². The van der Waals surface area contributed by atoms with Crippen molar-refractivity contribution in [2.24, 2.45) is 0 Å². The third kappa shape index (κ3) is 3.07. The van der Waals surface area contributed by atoms with E-state index in [1.807, 2.05) is 24.3 Å². The van der Waals surface area contributed by atoms with E-state index < -0.39 is 0 Å². The Morgan fingerprint density at radius 1 is 1.31 bits per heavy atom. The van der Waals surface area contributed by atoms with Crippen LogP contribution >= 0.6 is 0 Å². The molecule has 0 saturated carbocycles. The second-order valence-corrected chi connectivity index (χ2v) is 3.22. The first-order chi connectivity index (χ1) is 6.24. The predicted molar refractivity (Wildman–Crippen MR) is 55.9 cm³/mol. The summed E-state index contributed by atoms with van der Waals surface area (Å²) in [6, 6.07) is 7.89. The zero-order chi connectivity index (χ0) is 9.68. The predicted octanol–water partition coefficient (Wildman–Crippen LogP) is 2.56. The third-order valence-corrected chi connectivity index (χ3v) is 1.97. The van der Waals surface area contributed by atoms with E-state index in [0.29, 0.717) is 0 Å². The molecule has 1 rings (SSSR count). The van der Waals surface area contributed by atoms with Crippen molar-refractivity contribution in [1.29, 1.82) is 0 Å². The lowest BCUT2D eigenvalue weighted by atomic mass is 10.1. The van der Waals surface area contributed by atoms with Crippen molar-refractivity contribution >= 4 is 5.69 Å². The zero-order valence-corrected chi connectivity index (χ0v) is 8.25. The normalized spacial score (nSPS) is 12.5. The first kappa shape index (κ1) is 10.1. The highest BCUT2D eigenvalue weighted by Crippen LogP contribution is 2.15. The summed E-state index contributed by atoms with van der Waals surface area (Å²) in [5.74, 6) is 0. The molecular weight excluding hydrogens is 162 g/mol. The third-order valence-electron chi connectivity index (χ3n) is 1.97. The lowest BCUT2D eigenvalue weighted by molar-refractivity contribution is 0.199. The van der Waals surface area contributed by atoms with Crippen LogP contribution in [0.25, 0.3) is 0 Å². The number of hydrogen-bond donors (Lipinski definition) is 2. The second-order valence-electron chi connectivity index (χ2n) is 3.22. The first-order valence-electron chi connectivity index (χ1n) is 4.76. The van der Waals surface area contributed by atoms with Crippen molar-refractivity contribution < 1.29 is 5.11 Å². The van der Waals surface area contributed by atoms with E-state index in [1.165, 1.54) is 0 Å². The average Bonchev–Trinajstić information content (AvgIpc) is 2.15. The Bertz CT molecular complexity index is 241. The fraction of sp³-hybridized carbons (Fsp3) is 0.455. The van der Waals surface area contributed by atoms with Gasteiger partial charge in [-0.2, -0.15) is 0 Å². The van der Waals surface area contributed by atoms with Gasteiger partial charge in [-0.15, -0.1) is 0 Å². The van der Waals surface area contributed by atoms with Gasteiger partial charge < -0.3 is 10.4 Å². The second kappa shape index (κ2) is 4.87. The molecule has 1 aromatic carbocycles.